The van der Waals surface area contributed by atoms with Gasteiger partial charge in [0.1, 0.15) is 5.76 Å². The molecule has 102 valence electrons. The van der Waals surface area contributed by atoms with E-state index in [1.807, 2.05) is 37.5 Å². The van der Waals surface area contributed by atoms with Gasteiger partial charge in [0.15, 0.2) is 5.16 Å². The van der Waals surface area contributed by atoms with Gasteiger partial charge < -0.3 is 4.52 Å². The van der Waals surface area contributed by atoms with Gasteiger partial charge in [-0.25, -0.2) is 4.98 Å². The lowest BCUT2D eigenvalue weighted by Gasteiger charge is -2.09. The van der Waals surface area contributed by atoms with Crippen molar-refractivity contribution in [3.05, 3.63) is 59.7 Å². The third-order valence-electron chi connectivity index (χ3n) is 3.01. The van der Waals surface area contributed by atoms with Gasteiger partial charge in [-0.1, -0.05) is 35.1 Å². The maximum atomic E-state index is 5.08. The highest BCUT2D eigenvalue weighted by Crippen LogP contribution is 2.25. The Hall–Kier alpha value is -2.01. The molecule has 0 saturated carbocycles. The van der Waals surface area contributed by atoms with E-state index in [0.717, 1.165) is 28.1 Å². The lowest BCUT2D eigenvalue weighted by molar-refractivity contribution is 0.393. The highest BCUT2D eigenvalue weighted by Gasteiger charge is 2.09. The number of benzene rings is 1. The molecule has 0 saturated heterocycles. The summed E-state index contributed by atoms with van der Waals surface area (Å²) in [6.45, 7) is 4.00. The molecule has 0 aliphatic heterocycles. The molecule has 3 aromatic rings. The highest BCUT2D eigenvalue weighted by atomic mass is 32.2. The average molecular weight is 285 g/mol. The minimum absolute atomic E-state index is 0.750. The predicted octanol–water partition coefficient (Wildman–Crippen LogP) is 3.77. The van der Waals surface area contributed by atoms with E-state index in [1.165, 1.54) is 5.56 Å². The molecule has 0 unspecified atom stereocenters. The first kappa shape index (κ1) is 13.0. The first-order chi connectivity index (χ1) is 9.74. The number of aromatic nitrogens is 3. The summed E-state index contributed by atoms with van der Waals surface area (Å²) in [6, 6.07) is 10.2. The Morgan fingerprint density at radius 1 is 1.25 bits per heavy atom. The fourth-order valence-corrected chi connectivity index (χ4v) is 2.88. The maximum absolute atomic E-state index is 5.08. The zero-order valence-corrected chi connectivity index (χ0v) is 12.2. The van der Waals surface area contributed by atoms with E-state index in [0.29, 0.717) is 0 Å². The van der Waals surface area contributed by atoms with Crippen LogP contribution in [0.2, 0.25) is 0 Å². The Bertz CT molecular complexity index is 717. The molecule has 0 amide bonds. The Balaban J connectivity index is 1.82. The molecule has 0 spiro atoms. The Morgan fingerprint density at radius 2 is 2.10 bits per heavy atom. The van der Waals surface area contributed by atoms with E-state index in [-0.39, 0.29) is 0 Å². The van der Waals surface area contributed by atoms with Gasteiger partial charge >= 0.3 is 0 Å². The Labute approximate surface area is 121 Å². The summed E-state index contributed by atoms with van der Waals surface area (Å²) in [6.07, 6.45) is 3.81. The molecule has 4 nitrogen and oxygen atoms in total. The molecule has 0 fully saturated rings. The highest BCUT2D eigenvalue weighted by molar-refractivity contribution is 7.98. The van der Waals surface area contributed by atoms with Crippen LogP contribution in [0.4, 0.5) is 0 Å². The van der Waals surface area contributed by atoms with E-state index in [4.69, 9.17) is 4.52 Å². The second kappa shape index (κ2) is 5.54. The number of hydrogen-bond donors (Lipinski definition) is 0. The summed E-state index contributed by atoms with van der Waals surface area (Å²) in [5, 5.41) is 4.96. The van der Waals surface area contributed by atoms with Crippen LogP contribution >= 0.6 is 11.8 Å². The fraction of sp³-hybridized carbons (Fsp3) is 0.200. The largest absolute Gasteiger partial charge is 0.361 e. The molecule has 0 aliphatic rings. The van der Waals surface area contributed by atoms with Crippen LogP contribution in [-0.4, -0.2) is 14.7 Å². The van der Waals surface area contributed by atoms with Crippen molar-refractivity contribution in [2.24, 2.45) is 0 Å². The van der Waals surface area contributed by atoms with E-state index in [2.05, 4.69) is 33.8 Å². The summed E-state index contributed by atoms with van der Waals surface area (Å²) >= 11 is 1.65. The van der Waals surface area contributed by atoms with Crippen LogP contribution < -0.4 is 0 Å². The van der Waals surface area contributed by atoms with Crippen molar-refractivity contribution in [2.75, 3.05) is 0 Å². The van der Waals surface area contributed by atoms with Crippen LogP contribution in [0, 0.1) is 13.8 Å². The van der Waals surface area contributed by atoms with E-state index in [1.54, 1.807) is 11.8 Å². The first-order valence-corrected chi connectivity index (χ1v) is 7.37. The van der Waals surface area contributed by atoms with Gasteiger partial charge in [0.2, 0.25) is 0 Å². The number of imidazole rings is 1. The summed E-state index contributed by atoms with van der Waals surface area (Å²) < 4.78 is 7.18. The standard InChI is InChI=1S/C15H15N3OS/c1-11-5-3-4-6-14(11)18-8-7-16-15(18)20-10-13-9-12(2)19-17-13/h3-9H,10H2,1-2H3. The van der Waals surface area contributed by atoms with Gasteiger partial charge in [0.25, 0.3) is 0 Å². The Kier molecular flexibility index (Phi) is 3.60. The number of rotatable bonds is 4. The molecule has 2 aromatic heterocycles. The molecule has 20 heavy (non-hydrogen) atoms. The number of nitrogens with zero attached hydrogens (tertiary/aromatic N) is 3. The topological polar surface area (TPSA) is 43.9 Å². The van der Waals surface area contributed by atoms with Crippen molar-refractivity contribution >= 4 is 11.8 Å². The minimum Gasteiger partial charge on any atom is -0.361 e. The van der Waals surface area contributed by atoms with Gasteiger partial charge in [-0.3, -0.25) is 4.57 Å². The van der Waals surface area contributed by atoms with Crippen molar-refractivity contribution in [2.45, 2.75) is 24.8 Å². The van der Waals surface area contributed by atoms with E-state index >= 15 is 0 Å². The van der Waals surface area contributed by atoms with Gasteiger partial charge in [-0.05, 0) is 25.5 Å². The zero-order chi connectivity index (χ0) is 13.9. The van der Waals surface area contributed by atoms with Crippen LogP contribution in [0.1, 0.15) is 17.0 Å². The molecule has 0 aliphatic carbocycles. The molecule has 5 heteroatoms. The lowest BCUT2D eigenvalue weighted by Crippen LogP contribution is -1.97. The SMILES string of the molecule is Cc1cc(CSc2nccn2-c2ccccc2C)no1. The second-order valence-corrected chi connectivity index (χ2v) is 5.53. The third kappa shape index (κ3) is 2.63. The van der Waals surface area contributed by atoms with E-state index in [9.17, 15) is 0 Å². The normalized spacial score (nSPS) is 10.9. The number of para-hydroxylation sites is 1. The average Bonchev–Trinajstić information content (AvgIpc) is 3.06. The molecule has 3 rings (SSSR count). The molecule has 0 atom stereocenters. The van der Waals surface area contributed by atoms with Gasteiger partial charge in [-0.2, -0.15) is 0 Å². The molecule has 2 heterocycles. The quantitative estimate of drug-likeness (QED) is 0.684. The molecule has 0 radical (unpaired) electrons. The number of hydrogen-bond acceptors (Lipinski definition) is 4. The fourth-order valence-electron chi connectivity index (χ4n) is 2.04. The monoisotopic (exact) mass is 285 g/mol. The molecule has 0 bridgehead atoms. The van der Waals surface area contributed by atoms with Gasteiger partial charge in [-0.15, -0.1) is 0 Å². The van der Waals surface area contributed by atoms with Crippen molar-refractivity contribution < 1.29 is 4.52 Å². The molecular formula is C15H15N3OS. The summed E-state index contributed by atoms with van der Waals surface area (Å²) in [5.41, 5.74) is 3.32. The summed E-state index contributed by atoms with van der Waals surface area (Å²) in [7, 11) is 0. The van der Waals surface area contributed by atoms with Crippen molar-refractivity contribution in [3.63, 3.8) is 0 Å². The Morgan fingerprint density at radius 3 is 2.85 bits per heavy atom. The molecule has 1 aromatic carbocycles. The van der Waals surface area contributed by atoms with Gasteiger partial charge in [0, 0.05) is 24.2 Å². The summed E-state index contributed by atoms with van der Waals surface area (Å²) in [5.74, 6) is 1.59. The number of aryl methyl sites for hydroxylation is 2. The van der Waals surface area contributed by atoms with Crippen LogP contribution in [0.15, 0.2) is 52.4 Å². The third-order valence-corrected chi connectivity index (χ3v) is 4.01. The van der Waals surface area contributed by atoms with Crippen LogP contribution in [-0.2, 0) is 5.75 Å². The lowest BCUT2D eigenvalue weighted by atomic mass is 10.2. The maximum Gasteiger partial charge on any atom is 0.172 e. The zero-order valence-electron chi connectivity index (χ0n) is 11.4. The molecular weight excluding hydrogens is 270 g/mol. The van der Waals surface area contributed by atoms with Gasteiger partial charge in [0.05, 0.1) is 11.4 Å². The van der Waals surface area contributed by atoms with Crippen LogP contribution in [0.5, 0.6) is 0 Å². The van der Waals surface area contributed by atoms with Crippen LogP contribution in [0.3, 0.4) is 0 Å². The number of thioether (sulfide) groups is 1. The van der Waals surface area contributed by atoms with Crippen molar-refractivity contribution in [1.82, 2.24) is 14.7 Å². The predicted molar refractivity (Wildman–Crippen MR) is 79.1 cm³/mol. The first-order valence-electron chi connectivity index (χ1n) is 6.38. The summed E-state index contributed by atoms with van der Waals surface area (Å²) in [4.78, 5) is 4.42. The van der Waals surface area contributed by atoms with Crippen LogP contribution in [0.25, 0.3) is 5.69 Å². The van der Waals surface area contributed by atoms with Crippen molar-refractivity contribution in [3.8, 4) is 5.69 Å². The molecule has 0 N–H and O–H groups in total. The minimum atomic E-state index is 0.750. The second-order valence-electron chi connectivity index (χ2n) is 4.58. The smallest absolute Gasteiger partial charge is 0.172 e. The van der Waals surface area contributed by atoms with Crippen molar-refractivity contribution in [1.29, 1.82) is 0 Å². The van der Waals surface area contributed by atoms with E-state index < -0.39 is 0 Å².